The summed E-state index contributed by atoms with van der Waals surface area (Å²) < 4.78 is 7.00. The monoisotopic (exact) mass is 754 g/mol. The molecule has 0 saturated carbocycles. The van der Waals surface area contributed by atoms with Gasteiger partial charge in [-0.25, -0.2) is 0 Å². The van der Waals surface area contributed by atoms with E-state index in [-0.39, 0.29) is 5.41 Å². The lowest BCUT2D eigenvalue weighted by Gasteiger charge is -2.46. The Balaban J connectivity index is 1.13. The van der Waals surface area contributed by atoms with Gasteiger partial charge in [-0.3, -0.25) is 0 Å². The summed E-state index contributed by atoms with van der Waals surface area (Å²) in [6, 6.07) is 68.3. The Bertz CT molecular complexity index is 3290. The van der Waals surface area contributed by atoms with Gasteiger partial charge in [0.15, 0.2) is 7.28 Å². The van der Waals surface area contributed by atoms with Crippen LogP contribution in [0.25, 0.3) is 66.1 Å². The topological polar surface area (TPSA) is 28.4 Å². The van der Waals surface area contributed by atoms with E-state index in [0.29, 0.717) is 0 Å². The highest BCUT2D eigenvalue weighted by atomic mass is 16.3. The second-order valence-corrected chi connectivity index (χ2v) is 16.6. The van der Waals surface area contributed by atoms with Crippen LogP contribution in [-0.2, 0) is 5.41 Å². The third kappa shape index (κ3) is 5.23. The number of nitrogens with one attached hydrogen (secondary N) is 1. The summed E-state index contributed by atoms with van der Waals surface area (Å²) >= 11 is 0. The van der Waals surface area contributed by atoms with Crippen LogP contribution in [0.4, 0.5) is 28.4 Å². The number of anilines is 5. The minimum Gasteiger partial charge on any atom is -0.455 e. The van der Waals surface area contributed by atoms with Crippen LogP contribution in [0, 0.1) is 0 Å². The molecule has 0 radical (unpaired) electrons. The first-order chi connectivity index (χ1) is 29.0. The Kier molecular flexibility index (Phi) is 7.37. The number of fused-ring (bicyclic) bond motifs is 8. The maximum atomic E-state index is 7.00. The largest absolute Gasteiger partial charge is 0.455 e. The molecule has 9 aromatic carbocycles. The lowest BCUT2D eigenvalue weighted by atomic mass is 9.55. The van der Waals surface area contributed by atoms with Crippen molar-refractivity contribution < 1.29 is 4.42 Å². The summed E-state index contributed by atoms with van der Waals surface area (Å²) in [5.41, 5.74) is 19.6. The molecule has 59 heavy (non-hydrogen) atoms. The predicted octanol–water partition coefficient (Wildman–Crippen LogP) is 13.3. The fourth-order valence-electron chi connectivity index (χ4n) is 9.88. The van der Waals surface area contributed by atoms with E-state index in [0.717, 1.165) is 57.3 Å². The molecule has 0 aliphatic carbocycles. The molecule has 0 unspecified atom stereocenters. The summed E-state index contributed by atoms with van der Waals surface area (Å²) in [7, 11) is 0.780. The Morgan fingerprint density at radius 1 is 0.525 bits per heavy atom. The molecule has 0 atom stereocenters. The van der Waals surface area contributed by atoms with E-state index in [2.05, 4.69) is 212 Å². The van der Waals surface area contributed by atoms with Gasteiger partial charge in [0.1, 0.15) is 11.2 Å². The Morgan fingerprint density at radius 3 is 1.97 bits per heavy atom. The normalized spacial score (nSPS) is 13.5. The van der Waals surface area contributed by atoms with Gasteiger partial charge in [-0.1, -0.05) is 165 Å². The molecule has 1 aromatic heterocycles. The second-order valence-electron chi connectivity index (χ2n) is 16.6. The smallest absolute Gasteiger partial charge is 0.198 e. The van der Waals surface area contributed by atoms with E-state index in [1.807, 2.05) is 0 Å². The summed E-state index contributed by atoms with van der Waals surface area (Å²) in [6.07, 6.45) is 0. The van der Waals surface area contributed by atoms with Crippen molar-refractivity contribution in [2.24, 2.45) is 0 Å². The first-order valence-electron chi connectivity index (χ1n) is 20.5. The van der Waals surface area contributed by atoms with Gasteiger partial charge < -0.3 is 14.6 Å². The van der Waals surface area contributed by atoms with Gasteiger partial charge in [0.05, 0.1) is 5.69 Å². The maximum absolute atomic E-state index is 7.00. The van der Waals surface area contributed by atoms with Crippen LogP contribution in [0.1, 0.15) is 25.0 Å². The third-order valence-electron chi connectivity index (χ3n) is 12.8. The number of furan rings is 1. The van der Waals surface area contributed by atoms with Gasteiger partial charge >= 0.3 is 0 Å². The summed E-state index contributed by atoms with van der Waals surface area (Å²) in [5.74, 6) is 0. The van der Waals surface area contributed by atoms with Gasteiger partial charge in [0.2, 0.25) is 0 Å². The Morgan fingerprint density at radius 2 is 1.19 bits per heavy atom. The molecule has 1 N–H and O–H groups in total. The van der Waals surface area contributed by atoms with Crippen LogP contribution in [0.3, 0.4) is 0 Å². The zero-order valence-electron chi connectivity index (χ0n) is 33.0. The average molecular weight is 755 g/mol. The predicted molar refractivity (Wildman–Crippen MR) is 250 cm³/mol. The van der Waals surface area contributed by atoms with Crippen molar-refractivity contribution in [2.45, 2.75) is 19.3 Å². The van der Waals surface area contributed by atoms with Crippen LogP contribution >= 0.6 is 0 Å². The van der Waals surface area contributed by atoms with Crippen LogP contribution < -0.4 is 21.1 Å². The molecule has 10 aromatic rings. The summed E-state index contributed by atoms with van der Waals surface area (Å²) in [6.45, 7) is 4.78. The molecule has 0 fully saturated rings. The van der Waals surface area contributed by atoms with Crippen LogP contribution in [-0.4, -0.2) is 7.28 Å². The Labute approximate surface area is 344 Å². The standard InChI is InChI=1S/C55H39BN2O/c1-55(2)44-21-13-22-46-53(44)58(48-32-38-19-10-9-18-37(38)30-45(48)55)49-33-43-41-20-11-12-23-50(41)59-54(43)51(52(49)56-46)42-29-26-39(35-16-7-4-8-17-35)31-47(42)57-40-27-24-36(25-28-40)34-14-5-3-6-15-34/h3-33,56-57H,1-2H3. The van der Waals surface area contributed by atoms with Gasteiger partial charge in [-0.05, 0) is 92.1 Å². The van der Waals surface area contributed by atoms with Crippen LogP contribution in [0.5, 0.6) is 0 Å². The van der Waals surface area contributed by atoms with Gasteiger partial charge in [-0.2, -0.15) is 0 Å². The molecule has 3 heterocycles. The fraction of sp³-hybridized carbons (Fsp3) is 0.0545. The number of benzene rings is 9. The highest BCUT2D eigenvalue weighted by Crippen LogP contribution is 2.54. The van der Waals surface area contributed by atoms with Gasteiger partial charge in [0.25, 0.3) is 0 Å². The van der Waals surface area contributed by atoms with Gasteiger partial charge in [-0.15, -0.1) is 0 Å². The molecule has 0 bridgehead atoms. The SMILES string of the molecule is CC1(C)c2cc3ccccc3cc2N2c3cc4c(oc5ccccc54)c(-c4ccc(-c5ccccc5)cc4Nc4ccc(-c5ccccc5)cc4)c3Bc3cccc1c32. The minimum absolute atomic E-state index is 0.186. The van der Waals surface area contributed by atoms with E-state index in [9.17, 15) is 0 Å². The van der Waals surface area contributed by atoms with Crippen molar-refractivity contribution in [1.29, 1.82) is 0 Å². The first kappa shape index (κ1) is 33.8. The number of para-hydroxylation sites is 2. The molecule has 0 spiro atoms. The number of rotatable bonds is 5. The van der Waals surface area contributed by atoms with E-state index in [1.165, 1.54) is 66.6 Å². The number of hydrogen-bond acceptors (Lipinski definition) is 3. The van der Waals surface area contributed by atoms with Crippen LogP contribution in [0.2, 0.25) is 0 Å². The lowest BCUT2D eigenvalue weighted by Crippen LogP contribution is -2.45. The third-order valence-corrected chi connectivity index (χ3v) is 12.8. The lowest BCUT2D eigenvalue weighted by molar-refractivity contribution is 0.633. The van der Waals surface area contributed by atoms with E-state index < -0.39 is 0 Å². The maximum Gasteiger partial charge on any atom is 0.198 e. The van der Waals surface area contributed by atoms with Crippen molar-refractivity contribution in [3.63, 3.8) is 0 Å². The summed E-state index contributed by atoms with van der Waals surface area (Å²) in [5, 5.41) is 8.66. The molecule has 0 saturated heterocycles. The molecule has 3 nitrogen and oxygen atoms in total. The zero-order chi connectivity index (χ0) is 39.2. The van der Waals surface area contributed by atoms with Crippen LogP contribution in [0.15, 0.2) is 192 Å². The molecular formula is C55H39BN2O. The van der Waals surface area contributed by atoms with Crippen molar-refractivity contribution in [3.05, 3.63) is 199 Å². The average Bonchev–Trinajstić information content (AvgIpc) is 3.65. The molecule has 0 amide bonds. The molecule has 278 valence electrons. The van der Waals surface area contributed by atoms with Crippen molar-refractivity contribution in [1.82, 2.24) is 0 Å². The Hall–Kier alpha value is -7.30. The molecule has 2 aliphatic rings. The van der Waals surface area contributed by atoms with Crippen molar-refractivity contribution >= 4 is 79.4 Å². The van der Waals surface area contributed by atoms with Crippen molar-refractivity contribution in [2.75, 3.05) is 10.2 Å². The zero-order valence-corrected chi connectivity index (χ0v) is 33.0. The highest BCUT2D eigenvalue weighted by Gasteiger charge is 2.42. The van der Waals surface area contributed by atoms with E-state index >= 15 is 0 Å². The molecule has 12 rings (SSSR count). The molecule has 4 heteroatoms. The molecule has 2 aliphatic heterocycles. The number of nitrogens with zero attached hydrogens (tertiary/aromatic N) is 1. The second kappa shape index (κ2) is 12.9. The van der Waals surface area contributed by atoms with Crippen molar-refractivity contribution in [3.8, 4) is 33.4 Å². The minimum atomic E-state index is -0.186. The first-order valence-corrected chi connectivity index (χ1v) is 20.5. The summed E-state index contributed by atoms with van der Waals surface area (Å²) in [4.78, 5) is 2.58. The highest BCUT2D eigenvalue weighted by molar-refractivity contribution is 6.74. The quantitative estimate of drug-likeness (QED) is 0.177. The van der Waals surface area contributed by atoms with Gasteiger partial charge in [0, 0.05) is 50.1 Å². The van der Waals surface area contributed by atoms with E-state index in [1.54, 1.807) is 0 Å². The fourth-order valence-corrected chi connectivity index (χ4v) is 9.88. The molecular weight excluding hydrogens is 715 g/mol. The van der Waals surface area contributed by atoms with E-state index in [4.69, 9.17) is 4.42 Å². The number of hydrogen-bond donors (Lipinski definition) is 1.